The van der Waals surface area contributed by atoms with E-state index in [2.05, 4.69) is 29.8 Å². The molecule has 0 saturated carbocycles. The quantitative estimate of drug-likeness (QED) is 0.476. The standard InChI is InChI=1S/C24H29ClN2O2/c1-5-16-8-7-9-20-22(16)19(6-2)23(26-20)24(28)29-21(14-15-27(3)4)17-10-12-18(25)13-11-17/h7-13,21,26H,5-6,14-15H2,1-4H3. The van der Waals surface area contributed by atoms with Gasteiger partial charge in [-0.15, -0.1) is 0 Å². The first-order valence-electron chi connectivity index (χ1n) is 10.2. The SMILES string of the molecule is CCc1cccc2[nH]c(C(=O)OC(CCN(C)C)c3ccc(Cl)cc3)c(CC)c12. The molecule has 1 N–H and O–H groups in total. The Labute approximate surface area is 177 Å². The van der Waals surface area contributed by atoms with E-state index in [4.69, 9.17) is 16.3 Å². The summed E-state index contributed by atoms with van der Waals surface area (Å²) in [5.74, 6) is -0.307. The summed E-state index contributed by atoms with van der Waals surface area (Å²) in [7, 11) is 4.03. The molecule has 0 bridgehead atoms. The van der Waals surface area contributed by atoms with Crippen LogP contribution in [0.4, 0.5) is 0 Å². The van der Waals surface area contributed by atoms with Crippen LogP contribution in [0.1, 0.15) is 53.6 Å². The Bertz CT molecular complexity index is 976. The number of ether oxygens (including phenoxy) is 1. The van der Waals surface area contributed by atoms with E-state index < -0.39 is 0 Å². The molecular formula is C24H29ClN2O2. The Kier molecular flexibility index (Phi) is 6.99. The molecule has 0 spiro atoms. The van der Waals surface area contributed by atoms with Gasteiger partial charge in [-0.25, -0.2) is 4.79 Å². The van der Waals surface area contributed by atoms with Crippen molar-refractivity contribution in [3.8, 4) is 0 Å². The molecule has 1 unspecified atom stereocenters. The van der Waals surface area contributed by atoms with E-state index in [-0.39, 0.29) is 12.1 Å². The fourth-order valence-electron chi connectivity index (χ4n) is 3.75. The lowest BCUT2D eigenvalue weighted by molar-refractivity contribution is 0.0254. The highest BCUT2D eigenvalue weighted by Crippen LogP contribution is 2.30. The minimum absolute atomic E-state index is 0.307. The number of aryl methyl sites for hydroxylation is 2. The van der Waals surface area contributed by atoms with Crippen molar-refractivity contribution in [1.82, 2.24) is 9.88 Å². The molecule has 0 saturated heterocycles. The lowest BCUT2D eigenvalue weighted by Crippen LogP contribution is -2.20. The van der Waals surface area contributed by atoms with Crippen LogP contribution >= 0.6 is 11.6 Å². The van der Waals surface area contributed by atoms with Gasteiger partial charge < -0.3 is 14.6 Å². The number of H-pyrrole nitrogens is 1. The minimum Gasteiger partial charge on any atom is -0.453 e. The number of hydrogen-bond donors (Lipinski definition) is 1. The maximum absolute atomic E-state index is 13.2. The van der Waals surface area contributed by atoms with Crippen LogP contribution in [-0.2, 0) is 17.6 Å². The Hall–Kier alpha value is -2.30. The second-order valence-corrected chi connectivity index (χ2v) is 8.00. The van der Waals surface area contributed by atoms with Gasteiger partial charge in [0.05, 0.1) is 0 Å². The molecule has 4 nitrogen and oxygen atoms in total. The zero-order valence-electron chi connectivity index (χ0n) is 17.6. The number of benzene rings is 2. The molecule has 1 aromatic heterocycles. The van der Waals surface area contributed by atoms with Crippen molar-refractivity contribution >= 4 is 28.5 Å². The number of nitrogens with one attached hydrogen (secondary N) is 1. The van der Waals surface area contributed by atoms with Crippen LogP contribution in [0.2, 0.25) is 5.02 Å². The second-order valence-electron chi connectivity index (χ2n) is 7.56. The number of halogens is 1. The summed E-state index contributed by atoms with van der Waals surface area (Å²) in [6, 6.07) is 13.7. The Morgan fingerprint density at radius 2 is 1.83 bits per heavy atom. The fraction of sp³-hybridized carbons (Fsp3) is 0.375. The Morgan fingerprint density at radius 3 is 2.45 bits per heavy atom. The van der Waals surface area contributed by atoms with Gasteiger partial charge in [0, 0.05) is 28.9 Å². The number of aromatic nitrogens is 1. The van der Waals surface area contributed by atoms with E-state index in [1.807, 2.05) is 50.5 Å². The van der Waals surface area contributed by atoms with Crippen LogP contribution in [0.3, 0.4) is 0 Å². The highest BCUT2D eigenvalue weighted by molar-refractivity contribution is 6.30. The van der Waals surface area contributed by atoms with Crippen molar-refractivity contribution < 1.29 is 9.53 Å². The Balaban J connectivity index is 1.94. The van der Waals surface area contributed by atoms with Gasteiger partial charge in [0.15, 0.2) is 0 Å². The largest absolute Gasteiger partial charge is 0.453 e. The number of nitrogens with zero attached hydrogens (tertiary/aromatic N) is 1. The molecule has 3 rings (SSSR count). The molecular weight excluding hydrogens is 384 g/mol. The van der Waals surface area contributed by atoms with Crippen LogP contribution in [0.5, 0.6) is 0 Å². The van der Waals surface area contributed by atoms with Crippen molar-refractivity contribution in [3.05, 3.63) is 69.9 Å². The van der Waals surface area contributed by atoms with Crippen molar-refractivity contribution in [2.45, 2.75) is 39.2 Å². The summed E-state index contributed by atoms with van der Waals surface area (Å²) in [5.41, 5.74) is 4.78. The third-order valence-electron chi connectivity index (χ3n) is 5.28. The van der Waals surface area contributed by atoms with Crippen molar-refractivity contribution in [1.29, 1.82) is 0 Å². The first kappa shape index (κ1) is 21.4. The minimum atomic E-state index is -0.330. The molecule has 0 radical (unpaired) electrons. The van der Waals surface area contributed by atoms with Crippen LogP contribution in [0.25, 0.3) is 10.9 Å². The summed E-state index contributed by atoms with van der Waals surface area (Å²) < 4.78 is 6.02. The first-order chi connectivity index (χ1) is 13.9. The summed E-state index contributed by atoms with van der Waals surface area (Å²) in [4.78, 5) is 18.6. The molecule has 1 heterocycles. The van der Waals surface area contributed by atoms with Gasteiger partial charge in [0.1, 0.15) is 11.8 Å². The number of aromatic amines is 1. The summed E-state index contributed by atoms with van der Waals surface area (Å²) in [5, 5.41) is 1.82. The van der Waals surface area contributed by atoms with Gasteiger partial charge >= 0.3 is 5.97 Å². The molecule has 1 atom stereocenters. The molecule has 0 aliphatic heterocycles. The molecule has 3 aromatic rings. The number of esters is 1. The molecule has 154 valence electrons. The average Bonchev–Trinajstić information content (AvgIpc) is 3.10. The summed E-state index contributed by atoms with van der Waals surface area (Å²) in [6.45, 7) is 5.03. The average molecular weight is 413 g/mol. The van der Waals surface area contributed by atoms with E-state index >= 15 is 0 Å². The number of fused-ring (bicyclic) bond motifs is 1. The molecule has 2 aromatic carbocycles. The van der Waals surface area contributed by atoms with E-state index in [0.717, 1.165) is 41.4 Å². The zero-order chi connectivity index (χ0) is 21.0. The van der Waals surface area contributed by atoms with Crippen molar-refractivity contribution in [2.24, 2.45) is 0 Å². The number of hydrogen-bond acceptors (Lipinski definition) is 3. The van der Waals surface area contributed by atoms with Crippen LogP contribution in [-0.4, -0.2) is 36.5 Å². The van der Waals surface area contributed by atoms with E-state index in [1.165, 1.54) is 5.56 Å². The topological polar surface area (TPSA) is 45.3 Å². The van der Waals surface area contributed by atoms with Crippen LogP contribution < -0.4 is 0 Å². The zero-order valence-corrected chi connectivity index (χ0v) is 18.3. The van der Waals surface area contributed by atoms with E-state index in [9.17, 15) is 4.79 Å². The lowest BCUT2D eigenvalue weighted by atomic mass is 10.0. The van der Waals surface area contributed by atoms with Crippen LogP contribution in [0, 0.1) is 0 Å². The number of carbonyl (C=O) groups is 1. The third-order valence-corrected chi connectivity index (χ3v) is 5.53. The van der Waals surface area contributed by atoms with Crippen molar-refractivity contribution in [2.75, 3.05) is 20.6 Å². The number of carbonyl (C=O) groups excluding carboxylic acids is 1. The monoisotopic (exact) mass is 412 g/mol. The maximum Gasteiger partial charge on any atom is 0.355 e. The van der Waals surface area contributed by atoms with Gasteiger partial charge in [-0.2, -0.15) is 0 Å². The molecule has 5 heteroatoms. The van der Waals surface area contributed by atoms with Crippen LogP contribution in [0.15, 0.2) is 42.5 Å². The van der Waals surface area contributed by atoms with E-state index in [0.29, 0.717) is 17.1 Å². The molecule has 0 fully saturated rings. The Morgan fingerprint density at radius 1 is 1.10 bits per heavy atom. The predicted molar refractivity (Wildman–Crippen MR) is 120 cm³/mol. The predicted octanol–water partition coefficient (Wildman–Crippen LogP) is 5.80. The highest BCUT2D eigenvalue weighted by Gasteiger charge is 2.23. The lowest BCUT2D eigenvalue weighted by Gasteiger charge is -2.20. The first-order valence-corrected chi connectivity index (χ1v) is 10.6. The third kappa shape index (κ3) is 4.82. The maximum atomic E-state index is 13.2. The van der Waals surface area contributed by atoms with Gasteiger partial charge in [-0.1, -0.05) is 49.7 Å². The molecule has 0 aliphatic carbocycles. The van der Waals surface area contributed by atoms with E-state index in [1.54, 1.807) is 0 Å². The summed E-state index contributed by atoms with van der Waals surface area (Å²) >= 11 is 6.04. The fourth-order valence-corrected chi connectivity index (χ4v) is 3.88. The van der Waals surface area contributed by atoms with Gasteiger partial charge in [-0.3, -0.25) is 0 Å². The molecule has 0 amide bonds. The van der Waals surface area contributed by atoms with Gasteiger partial charge in [-0.05, 0) is 61.8 Å². The number of rotatable bonds is 8. The van der Waals surface area contributed by atoms with Gasteiger partial charge in [0.2, 0.25) is 0 Å². The molecule has 0 aliphatic rings. The normalized spacial score (nSPS) is 12.5. The highest BCUT2D eigenvalue weighted by atomic mass is 35.5. The van der Waals surface area contributed by atoms with Crippen molar-refractivity contribution in [3.63, 3.8) is 0 Å². The smallest absolute Gasteiger partial charge is 0.355 e. The summed E-state index contributed by atoms with van der Waals surface area (Å²) in [6.07, 6.45) is 2.07. The molecule has 29 heavy (non-hydrogen) atoms. The second kappa shape index (κ2) is 9.47. The van der Waals surface area contributed by atoms with Gasteiger partial charge in [0.25, 0.3) is 0 Å².